The fourth-order valence-corrected chi connectivity index (χ4v) is 4.94. The van der Waals surface area contributed by atoms with Crippen LogP contribution in [0.3, 0.4) is 0 Å². The van der Waals surface area contributed by atoms with Crippen LogP contribution in [0.1, 0.15) is 50.7 Å². The van der Waals surface area contributed by atoms with E-state index in [2.05, 4.69) is 37.5 Å². The molecule has 0 aromatic heterocycles. The van der Waals surface area contributed by atoms with Gasteiger partial charge in [-0.25, -0.2) is 18.0 Å². The van der Waals surface area contributed by atoms with Crippen molar-refractivity contribution in [3.63, 3.8) is 0 Å². The van der Waals surface area contributed by atoms with E-state index < -0.39 is 29.6 Å². The lowest BCUT2D eigenvalue weighted by Gasteiger charge is -2.24. The number of halogens is 4. The number of nitrogens with zero attached hydrogens (tertiary/aromatic N) is 1. The zero-order valence-corrected chi connectivity index (χ0v) is 29.1. The number of aryl methyl sites for hydroxylation is 4. The lowest BCUT2D eigenvalue weighted by atomic mass is 10.0. The SMILES string of the molecule is CC(=O)NC(Cc1cc(F)cc(F)c1)C(O)CNCc1cc(C)ccc1C.Cc1ccc(C)c(C(N)=O)c1.[C-]#[N+]c1cc(Br)ccc1F. The first-order chi connectivity index (χ1) is 22.6. The van der Waals surface area contributed by atoms with E-state index in [0.717, 1.165) is 38.4 Å². The summed E-state index contributed by atoms with van der Waals surface area (Å²) in [5.74, 6) is -2.52. The number of aliphatic hydroxyl groups is 1. The molecule has 0 aliphatic rings. The zero-order valence-electron chi connectivity index (χ0n) is 27.5. The minimum atomic E-state index is -0.912. The summed E-state index contributed by atoms with van der Waals surface area (Å²) in [5.41, 5.74) is 11.6. The van der Waals surface area contributed by atoms with Crippen LogP contribution in [0.15, 0.2) is 77.3 Å². The van der Waals surface area contributed by atoms with Crippen LogP contribution in [0.25, 0.3) is 4.85 Å². The molecule has 4 rings (SSSR count). The van der Waals surface area contributed by atoms with Gasteiger partial charge in [0, 0.05) is 36.1 Å². The van der Waals surface area contributed by atoms with E-state index in [4.69, 9.17) is 12.3 Å². The van der Waals surface area contributed by atoms with Gasteiger partial charge in [0.15, 0.2) is 0 Å². The average molecular weight is 726 g/mol. The molecule has 0 fully saturated rings. The summed E-state index contributed by atoms with van der Waals surface area (Å²) in [6.45, 7) is 16.5. The van der Waals surface area contributed by atoms with Gasteiger partial charge in [-0.15, -0.1) is 0 Å². The van der Waals surface area contributed by atoms with Crippen LogP contribution >= 0.6 is 15.9 Å². The Hall–Kier alpha value is -4.50. The van der Waals surface area contributed by atoms with Gasteiger partial charge in [0.1, 0.15) is 17.5 Å². The topological polar surface area (TPSA) is 109 Å². The fourth-order valence-electron chi connectivity index (χ4n) is 4.59. The lowest BCUT2D eigenvalue weighted by Crippen LogP contribution is -2.48. The molecule has 0 aliphatic heterocycles. The van der Waals surface area contributed by atoms with Gasteiger partial charge in [0.05, 0.1) is 18.7 Å². The van der Waals surface area contributed by atoms with Crippen molar-refractivity contribution in [2.24, 2.45) is 5.73 Å². The Morgan fingerprint density at radius 1 is 0.896 bits per heavy atom. The van der Waals surface area contributed by atoms with Crippen molar-refractivity contribution in [2.75, 3.05) is 6.54 Å². The summed E-state index contributed by atoms with van der Waals surface area (Å²) in [4.78, 5) is 25.2. The summed E-state index contributed by atoms with van der Waals surface area (Å²) >= 11 is 3.13. The summed E-state index contributed by atoms with van der Waals surface area (Å²) in [6.07, 6.45) is -0.786. The Morgan fingerprint density at radius 3 is 2.04 bits per heavy atom. The Morgan fingerprint density at radius 2 is 1.50 bits per heavy atom. The van der Waals surface area contributed by atoms with Gasteiger partial charge in [-0.05, 0) is 92.8 Å². The van der Waals surface area contributed by atoms with Gasteiger partial charge in [0.25, 0.3) is 0 Å². The molecule has 48 heavy (non-hydrogen) atoms. The van der Waals surface area contributed by atoms with Gasteiger partial charge in [-0.1, -0.05) is 57.4 Å². The summed E-state index contributed by atoms with van der Waals surface area (Å²) in [5, 5.41) is 16.3. The van der Waals surface area contributed by atoms with Crippen LogP contribution < -0.4 is 16.4 Å². The van der Waals surface area contributed by atoms with Gasteiger partial charge in [-0.3, -0.25) is 9.59 Å². The molecule has 5 N–H and O–H groups in total. The maximum absolute atomic E-state index is 13.4. The fraction of sp³-hybridized carbons (Fsp3) is 0.270. The monoisotopic (exact) mass is 724 g/mol. The highest BCUT2D eigenvalue weighted by Crippen LogP contribution is 2.22. The number of nitrogens with two attached hydrogens (primary N) is 1. The predicted molar refractivity (Wildman–Crippen MR) is 186 cm³/mol. The van der Waals surface area contributed by atoms with Crippen LogP contribution in [0, 0.1) is 51.7 Å². The van der Waals surface area contributed by atoms with Crippen molar-refractivity contribution in [1.29, 1.82) is 0 Å². The maximum atomic E-state index is 13.4. The second kappa shape index (κ2) is 19.4. The second-order valence-corrected chi connectivity index (χ2v) is 12.2. The molecule has 2 amide bonds. The molecule has 0 radical (unpaired) electrons. The Labute approximate surface area is 288 Å². The lowest BCUT2D eigenvalue weighted by molar-refractivity contribution is -0.120. The third-order valence-corrected chi connectivity index (χ3v) is 7.59. The third-order valence-electron chi connectivity index (χ3n) is 7.09. The standard InChI is InChI=1S/C21H26F2N2O2.C9H11NO.C7H3BrFN/c1-13-4-5-14(2)17(6-13)11-24-12-21(27)20(25-15(3)26)9-16-7-18(22)10-19(23)8-16;1-6-3-4-7(2)8(5-6)9(10)11;1-10-7-4-5(8)2-3-6(7)9/h4-8,10,20-21,24,27H,9,11-12H2,1-3H3,(H,25,26);3-5H,1-2H3,(H2,10,11);2-4H. The molecule has 7 nitrogen and oxygen atoms in total. The number of primary amides is 1. The number of nitrogens with one attached hydrogen (secondary N) is 2. The molecule has 2 atom stereocenters. The van der Waals surface area contributed by atoms with Crippen molar-refractivity contribution in [3.8, 4) is 0 Å². The van der Waals surface area contributed by atoms with Crippen LogP contribution in [-0.2, 0) is 17.8 Å². The number of rotatable bonds is 9. The highest BCUT2D eigenvalue weighted by Gasteiger charge is 2.21. The maximum Gasteiger partial charge on any atom is 0.248 e. The van der Waals surface area contributed by atoms with E-state index in [1.807, 2.05) is 52.0 Å². The largest absolute Gasteiger partial charge is 0.390 e. The second-order valence-electron chi connectivity index (χ2n) is 11.3. The highest BCUT2D eigenvalue weighted by molar-refractivity contribution is 9.10. The van der Waals surface area contributed by atoms with E-state index in [1.165, 1.54) is 31.2 Å². The van der Waals surface area contributed by atoms with Crippen molar-refractivity contribution >= 4 is 33.4 Å². The van der Waals surface area contributed by atoms with Crippen molar-refractivity contribution in [2.45, 2.75) is 59.7 Å². The molecule has 2 unspecified atom stereocenters. The minimum absolute atomic E-state index is 0.0503. The summed E-state index contributed by atoms with van der Waals surface area (Å²) in [6, 6.07) is 18.6. The minimum Gasteiger partial charge on any atom is -0.390 e. The molecule has 254 valence electrons. The Bertz CT molecular complexity index is 1740. The van der Waals surface area contributed by atoms with Crippen molar-refractivity contribution in [1.82, 2.24) is 10.6 Å². The number of carbonyl (C=O) groups excluding carboxylic acids is 2. The van der Waals surface area contributed by atoms with Gasteiger partial charge in [0.2, 0.25) is 17.5 Å². The van der Waals surface area contributed by atoms with E-state index in [-0.39, 0.29) is 30.5 Å². The van der Waals surface area contributed by atoms with E-state index in [0.29, 0.717) is 17.7 Å². The number of benzene rings is 4. The summed E-state index contributed by atoms with van der Waals surface area (Å²) < 4.78 is 40.1. The number of hydrogen-bond acceptors (Lipinski definition) is 4. The summed E-state index contributed by atoms with van der Waals surface area (Å²) in [7, 11) is 0. The molecule has 0 aliphatic carbocycles. The van der Waals surface area contributed by atoms with Crippen LogP contribution in [0.2, 0.25) is 0 Å². The quantitative estimate of drug-likeness (QED) is 0.136. The molecular weight excluding hydrogens is 685 g/mol. The average Bonchev–Trinajstić information content (AvgIpc) is 3.00. The first-order valence-electron chi connectivity index (χ1n) is 15.0. The number of aliphatic hydroxyl groups excluding tert-OH is 1. The van der Waals surface area contributed by atoms with E-state index in [1.54, 1.807) is 12.1 Å². The molecular formula is C37H40BrF3N4O3. The smallest absolute Gasteiger partial charge is 0.248 e. The molecule has 4 aromatic rings. The van der Waals surface area contributed by atoms with Crippen LogP contribution in [0.5, 0.6) is 0 Å². The van der Waals surface area contributed by atoms with Crippen molar-refractivity contribution < 1.29 is 27.9 Å². The first-order valence-corrected chi connectivity index (χ1v) is 15.8. The van der Waals surface area contributed by atoms with Crippen LogP contribution in [0.4, 0.5) is 18.9 Å². The van der Waals surface area contributed by atoms with Gasteiger partial charge in [-0.2, -0.15) is 0 Å². The number of carbonyl (C=O) groups is 2. The highest BCUT2D eigenvalue weighted by atomic mass is 79.9. The predicted octanol–water partition coefficient (Wildman–Crippen LogP) is 7.32. The molecule has 0 spiro atoms. The van der Waals surface area contributed by atoms with Gasteiger partial charge < -0.3 is 21.5 Å². The Kier molecular flexibility index (Phi) is 16.0. The van der Waals surface area contributed by atoms with E-state index >= 15 is 0 Å². The third kappa shape index (κ3) is 13.7. The number of hydrogen-bond donors (Lipinski definition) is 4. The molecule has 0 bridgehead atoms. The molecule has 0 saturated carbocycles. The molecule has 4 aromatic carbocycles. The molecule has 11 heteroatoms. The Balaban J connectivity index is 0.000000309. The van der Waals surface area contributed by atoms with E-state index in [9.17, 15) is 27.9 Å². The van der Waals surface area contributed by atoms with Crippen LogP contribution in [-0.4, -0.2) is 35.6 Å². The molecule has 0 heterocycles. The first kappa shape index (κ1) is 39.7. The normalized spacial score (nSPS) is 11.5. The van der Waals surface area contributed by atoms with Gasteiger partial charge >= 0.3 is 0 Å². The molecule has 0 saturated heterocycles. The zero-order chi connectivity index (χ0) is 36.0. The van der Waals surface area contributed by atoms with Crippen molar-refractivity contribution in [3.05, 3.63) is 145 Å². The number of amides is 2.